The maximum absolute atomic E-state index is 12.4. The minimum Gasteiger partial charge on any atom is -0.508 e. The van der Waals surface area contributed by atoms with E-state index in [0.717, 1.165) is 0 Å². The Morgan fingerprint density at radius 3 is 2.19 bits per heavy atom. The van der Waals surface area contributed by atoms with E-state index in [0.29, 0.717) is 10.5 Å². The van der Waals surface area contributed by atoms with Gasteiger partial charge >= 0.3 is 18.1 Å². The first-order valence-corrected chi connectivity index (χ1v) is 6.08. The number of carboxylic acid groups (broad SMARTS) is 1. The van der Waals surface area contributed by atoms with Crippen LogP contribution in [0.15, 0.2) is 24.3 Å². The summed E-state index contributed by atoms with van der Waals surface area (Å²) in [5, 5.41) is 18.3. The quantitative estimate of drug-likeness (QED) is 0.869. The lowest BCUT2D eigenvalue weighted by Crippen LogP contribution is -2.40. The van der Waals surface area contributed by atoms with Crippen molar-refractivity contribution >= 4 is 11.9 Å². The van der Waals surface area contributed by atoms with E-state index in [-0.39, 0.29) is 12.3 Å². The van der Waals surface area contributed by atoms with Crippen molar-refractivity contribution in [3.63, 3.8) is 0 Å². The van der Waals surface area contributed by atoms with Gasteiger partial charge in [0.1, 0.15) is 5.75 Å². The molecule has 5 nitrogen and oxygen atoms in total. The molecule has 0 unspecified atom stereocenters. The van der Waals surface area contributed by atoms with Gasteiger partial charge in [-0.15, -0.1) is 0 Å². The number of nitrogens with zero attached hydrogens (tertiary/aromatic N) is 1. The molecule has 1 fully saturated rings. The molecule has 0 aromatic heterocycles. The molecule has 21 heavy (non-hydrogen) atoms. The number of hydrogen-bond acceptors (Lipinski definition) is 3. The molecule has 1 aromatic rings. The van der Waals surface area contributed by atoms with Crippen LogP contribution in [0.4, 0.5) is 13.2 Å². The lowest BCUT2D eigenvalue weighted by molar-refractivity contribution is -0.184. The molecule has 2 atom stereocenters. The molecular formula is C13H12F3NO4. The number of aliphatic carboxylic acids is 1. The van der Waals surface area contributed by atoms with Crippen LogP contribution in [0, 0.1) is 5.92 Å². The van der Waals surface area contributed by atoms with E-state index in [1.165, 1.54) is 24.3 Å². The van der Waals surface area contributed by atoms with Crippen LogP contribution in [-0.2, 0) is 9.59 Å². The first kappa shape index (κ1) is 15.1. The van der Waals surface area contributed by atoms with Crippen molar-refractivity contribution in [2.45, 2.75) is 12.1 Å². The van der Waals surface area contributed by atoms with Gasteiger partial charge in [0.15, 0.2) is 0 Å². The van der Waals surface area contributed by atoms with Gasteiger partial charge in [-0.05, 0) is 17.7 Å². The molecule has 114 valence electrons. The van der Waals surface area contributed by atoms with Crippen molar-refractivity contribution in [1.29, 1.82) is 0 Å². The smallest absolute Gasteiger partial charge is 0.471 e. The Hall–Kier alpha value is -2.25. The maximum atomic E-state index is 12.4. The van der Waals surface area contributed by atoms with E-state index >= 15 is 0 Å². The predicted octanol–water partition coefficient (Wildman–Crippen LogP) is 1.58. The van der Waals surface area contributed by atoms with E-state index in [9.17, 15) is 27.9 Å². The Labute approximate surface area is 117 Å². The number of rotatable bonds is 2. The molecule has 8 heteroatoms. The third kappa shape index (κ3) is 3.09. The molecule has 0 aliphatic carbocycles. The van der Waals surface area contributed by atoms with E-state index < -0.39 is 36.4 Å². The molecule has 2 rings (SSSR count). The Kier molecular flexibility index (Phi) is 3.80. The fourth-order valence-corrected chi connectivity index (χ4v) is 2.46. The molecule has 1 aromatic carbocycles. The molecule has 1 aliphatic rings. The zero-order chi connectivity index (χ0) is 15.8. The maximum Gasteiger partial charge on any atom is 0.471 e. The van der Waals surface area contributed by atoms with Crippen molar-refractivity contribution in [2.75, 3.05) is 13.1 Å². The predicted molar refractivity (Wildman–Crippen MR) is 64.6 cm³/mol. The summed E-state index contributed by atoms with van der Waals surface area (Å²) < 4.78 is 37.3. The van der Waals surface area contributed by atoms with Gasteiger partial charge in [0.25, 0.3) is 0 Å². The monoisotopic (exact) mass is 303 g/mol. The number of phenols is 1. The normalized spacial score (nSPS) is 22.3. The number of carboxylic acids is 1. The van der Waals surface area contributed by atoms with Gasteiger partial charge in [-0.2, -0.15) is 13.2 Å². The van der Waals surface area contributed by atoms with E-state index in [4.69, 9.17) is 5.11 Å². The summed E-state index contributed by atoms with van der Waals surface area (Å²) >= 11 is 0. The van der Waals surface area contributed by atoms with Crippen LogP contribution in [0.2, 0.25) is 0 Å². The van der Waals surface area contributed by atoms with Crippen LogP contribution in [0.5, 0.6) is 5.75 Å². The summed E-state index contributed by atoms with van der Waals surface area (Å²) in [6, 6.07) is 5.53. The minimum atomic E-state index is -5.02. The Morgan fingerprint density at radius 1 is 1.14 bits per heavy atom. The summed E-state index contributed by atoms with van der Waals surface area (Å²) in [7, 11) is 0. The van der Waals surface area contributed by atoms with Crippen molar-refractivity contribution in [3.05, 3.63) is 29.8 Å². The highest BCUT2D eigenvalue weighted by molar-refractivity contribution is 5.83. The topological polar surface area (TPSA) is 77.8 Å². The van der Waals surface area contributed by atoms with Gasteiger partial charge in [-0.1, -0.05) is 12.1 Å². The first-order chi connectivity index (χ1) is 9.70. The summed E-state index contributed by atoms with van der Waals surface area (Å²) in [5.41, 5.74) is 0.470. The van der Waals surface area contributed by atoms with Gasteiger partial charge in [0.05, 0.1) is 5.92 Å². The van der Waals surface area contributed by atoms with Crippen molar-refractivity contribution in [3.8, 4) is 5.75 Å². The highest BCUT2D eigenvalue weighted by atomic mass is 19.4. The second kappa shape index (κ2) is 5.27. The van der Waals surface area contributed by atoms with Gasteiger partial charge in [0, 0.05) is 19.0 Å². The summed E-state index contributed by atoms with van der Waals surface area (Å²) in [6.45, 7) is -0.806. The minimum absolute atomic E-state index is 0.0353. The zero-order valence-electron chi connectivity index (χ0n) is 10.7. The van der Waals surface area contributed by atoms with Crippen LogP contribution in [0.3, 0.4) is 0 Å². The molecular weight excluding hydrogens is 291 g/mol. The lowest BCUT2D eigenvalue weighted by atomic mass is 9.89. The molecule has 0 spiro atoms. The highest BCUT2D eigenvalue weighted by Gasteiger charge is 2.48. The van der Waals surface area contributed by atoms with Gasteiger partial charge < -0.3 is 15.1 Å². The summed E-state index contributed by atoms with van der Waals surface area (Å²) in [5.74, 6) is -5.18. The summed E-state index contributed by atoms with van der Waals surface area (Å²) in [6.07, 6.45) is -5.02. The van der Waals surface area contributed by atoms with Crippen LogP contribution >= 0.6 is 0 Å². The molecule has 2 N–H and O–H groups in total. The third-order valence-corrected chi connectivity index (χ3v) is 3.49. The number of carbonyl (C=O) groups excluding carboxylic acids is 1. The average Bonchev–Trinajstić information content (AvgIpc) is 2.82. The molecule has 1 amide bonds. The number of benzene rings is 1. The number of hydrogen-bond donors (Lipinski definition) is 2. The first-order valence-electron chi connectivity index (χ1n) is 6.08. The fraction of sp³-hybridized carbons (Fsp3) is 0.385. The van der Waals surface area contributed by atoms with E-state index in [1.54, 1.807) is 0 Å². The standard InChI is InChI=1S/C13H12F3NO4/c14-13(15,16)12(21)17-5-9(10(6-17)11(19)20)7-1-3-8(18)4-2-7/h1-4,9-10,18H,5-6H2,(H,19,20)/t9-,10+/m0/s1. The van der Waals surface area contributed by atoms with Crippen molar-refractivity contribution < 1.29 is 33.0 Å². The Bertz CT molecular complexity index is 556. The average molecular weight is 303 g/mol. The Morgan fingerprint density at radius 2 is 1.71 bits per heavy atom. The Balaban J connectivity index is 2.26. The van der Waals surface area contributed by atoms with E-state index in [1.807, 2.05) is 0 Å². The van der Waals surface area contributed by atoms with E-state index in [2.05, 4.69) is 0 Å². The van der Waals surface area contributed by atoms with Gasteiger partial charge in [-0.3, -0.25) is 9.59 Å². The largest absolute Gasteiger partial charge is 0.508 e. The van der Waals surface area contributed by atoms with Crippen molar-refractivity contribution in [2.24, 2.45) is 5.92 Å². The zero-order valence-corrected chi connectivity index (χ0v) is 10.7. The van der Waals surface area contributed by atoms with Crippen LogP contribution in [0.1, 0.15) is 11.5 Å². The lowest BCUT2D eigenvalue weighted by Gasteiger charge is -2.17. The van der Waals surface area contributed by atoms with Crippen LogP contribution in [-0.4, -0.2) is 46.3 Å². The number of alkyl halides is 3. The molecule has 1 heterocycles. The molecule has 1 saturated heterocycles. The number of aromatic hydroxyl groups is 1. The van der Waals surface area contributed by atoms with Crippen LogP contribution < -0.4 is 0 Å². The van der Waals surface area contributed by atoms with Gasteiger partial charge in [-0.25, -0.2) is 0 Å². The number of carbonyl (C=O) groups is 2. The molecule has 0 saturated carbocycles. The highest BCUT2D eigenvalue weighted by Crippen LogP contribution is 2.35. The second-order valence-corrected chi connectivity index (χ2v) is 4.85. The van der Waals surface area contributed by atoms with Crippen LogP contribution in [0.25, 0.3) is 0 Å². The molecule has 1 aliphatic heterocycles. The number of amides is 1. The number of likely N-dealkylation sites (tertiary alicyclic amines) is 1. The SMILES string of the molecule is O=C(O)[C@@H]1CN(C(=O)C(F)(F)F)C[C@H]1c1ccc(O)cc1. The summed E-state index contributed by atoms with van der Waals surface area (Å²) in [4.78, 5) is 22.9. The van der Waals surface area contributed by atoms with Gasteiger partial charge in [0.2, 0.25) is 0 Å². The third-order valence-electron chi connectivity index (χ3n) is 3.49. The number of halogens is 3. The molecule has 0 radical (unpaired) electrons. The number of phenolic OH excluding ortho intramolecular Hbond substituents is 1. The molecule has 0 bridgehead atoms. The second-order valence-electron chi connectivity index (χ2n) is 4.85. The van der Waals surface area contributed by atoms with Crippen molar-refractivity contribution in [1.82, 2.24) is 4.90 Å². The fourth-order valence-electron chi connectivity index (χ4n) is 2.46.